The largest absolute Gasteiger partial charge is 0.490 e. The van der Waals surface area contributed by atoms with Crippen LogP contribution in [-0.4, -0.2) is 19.1 Å². The molecule has 0 saturated heterocycles. The molecule has 112 valence electrons. The van der Waals surface area contributed by atoms with Crippen molar-refractivity contribution in [2.75, 3.05) is 18.5 Å². The minimum Gasteiger partial charge on any atom is -0.490 e. The third-order valence-corrected chi connectivity index (χ3v) is 3.86. The summed E-state index contributed by atoms with van der Waals surface area (Å²) in [6.45, 7) is 4.92. The summed E-state index contributed by atoms with van der Waals surface area (Å²) in [6.07, 6.45) is 1.80. The van der Waals surface area contributed by atoms with Gasteiger partial charge in [0.15, 0.2) is 11.5 Å². The molecule has 0 atom stereocenters. The number of carbonyl (C=O) groups excluding carboxylic acids is 1. The van der Waals surface area contributed by atoms with Crippen LogP contribution in [0.2, 0.25) is 0 Å². The molecule has 1 N–H and O–H groups in total. The normalized spacial score (nSPS) is 14.0. The van der Waals surface area contributed by atoms with Crippen LogP contribution in [0.4, 0.5) is 5.69 Å². The molecule has 0 bridgehead atoms. The van der Waals surface area contributed by atoms with Crippen LogP contribution in [0.1, 0.15) is 33.1 Å². The number of benzene rings is 1. The number of nitriles is 1. The van der Waals surface area contributed by atoms with Crippen molar-refractivity contribution >= 4 is 11.6 Å². The van der Waals surface area contributed by atoms with Gasteiger partial charge in [0.2, 0.25) is 5.91 Å². The SMILES string of the molecule is CCC(C#N)(CC)C(=O)Nc1ccc2c(c1)OCCCO2. The number of hydrogen-bond donors (Lipinski definition) is 1. The number of amides is 1. The predicted molar refractivity (Wildman–Crippen MR) is 79.3 cm³/mol. The van der Waals surface area contributed by atoms with Gasteiger partial charge in [-0.2, -0.15) is 5.26 Å². The molecule has 1 aromatic carbocycles. The van der Waals surface area contributed by atoms with Crippen molar-refractivity contribution < 1.29 is 14.3 Å². The summed E-state index contributed by atoms with van der Waals surface area (Å²) in [6, 6.07) is 7.42. The van der Waals surface area contributed by atoms with Gasteiger partial charge in [-0.15, -0.1) is 0 Å². The molecule has 2 rings (SSSR count). The first-order valence-electron chi connectivity index (χ1n) is 7.27. The summed E-state index contributed by atoms with van der Waals surface area (Å²) in [5, 5.41) is 12.1. The fourth-order valence-electron chi connectivity index (χ4n) is 2.27. The van der Waals surface area contributed by atoms with Crippen LogP contribution >= 0.6 is 0 Å². The lowest BCUT2D eigenvalue weighted by atomic mass is 9.83. The first-order valence-corrected chi connectivity index (χ1v) is 7.27. The standard InChI is InChI=1S/C16H20N2O3/c1-3-16(4-2,11-17)15(19)18-12-6-7-13-14(10-12)21-9-5-8-20-13/h6-7,10H,3-5,8-9H2,1-2H3,(H,18,19). The number of hydrogen-bond acceptors (Lipinski definition) is 4. The van der Waals surface area contributed by atoms with E-state index in [-0.39, 0.29) is 5.91 Å². The van der Waals surface area contributed by atoms with E-state index in [9.17, 15) is 10.1 Å². The van der Waals surface area contributed by atoms with Crippen LogP contribution in [0.15, 0.2) is 18.2 Å². The molecular formula is C16H20N2O3. The maximum Gasteiger partial charge on any atom is 0.244 e. The van der Waals surface area contributed by atoms with Crippen molar-refractivity contribution in [2.24, 2.45) is 5.41 Å². The predicted octanol–water partition coefficient (Wildman–Crippen LogP) is 3.12. The first-order chi connectivity index (χ1) is 10.1. The highest BCUT2D eigenvalue weighted by Crippen LogP contribution is 2.33. The Morgan fingerprint density at radius 3 is 2.57 bits per heavy atom. The van der Waals surface area contributed by atoms with Gasteiger partial charge in [0, 0.05) is 18.2 Å². The van der Waals surface area contributed by atoms with Gasteiger partial charge < -0.3 is 14.8 Å². The van der Waals surface area contributed by atoms with Crippen LogP contribution in [0.25, 0.3) is 0 Å². The molecule has 5 heteroatoms. The van der Waals surface area contributed by atoms with Gasteiger partial charge in [0.1, 0.15) is 5.41 Å². The van der Waals surface area contributed by atoms with Gasteiger partial charge in [-0.3, -0.25) is 4.79 Å². The quantitative estimate of drug-likeness (QED) is 0.924. The smallest absolute Gasteiger partial charge is 0.244 e. The number of nitrogens with zero attached hydrogens (tertiary/aromatic N) is 1. The summed E-state index contributed by atoms with van der Waals surface area (Å²) in [5.41, 5.74) is -0.366. The maximum absolute atomic E-state index is 12.4. The van der Waals surface area contributed by atoms with E-state index < -0.39 is 5.41 Å². The van der Waals surface area contributed by atoms with Gasteiger partial charge in [-0.25, -0.2) is 0 Å². The molecular weight excluding hydrogens is 268 g/mol. The Morgan fingerprint density at radius 2 is 1.95 bits per heavy atom. The number of fused-ring (bicyclic) bond motifs is 1. The van der Waals surface area contributed by atoms with Crippen molar-refractivity contribution in [2.45, 2.75) is 33.1 Å². The lowest BCUT2D eigenvalue weighted by molar-refractivity contribution is -0.123. The van der Waals surface area contributed by atoms with E-state index in [1.807, 2.05) is 13.8 Å². The van der Waals surface area contributed by atoms with Crippen LogP contribution in [0.3, 0.4) is 0 Å². The molecule has 1 amide bonds. The van der Waals surface area contributed by atoms with Crippen molar-refractivity contribution in [3.63, 3.8) is 0 Å². The second kappa shape index (κ2) is 6.49. The van der Waals surface area contributed by atoms with Crippen molar-refractivity contribution in [3.05, 3.63) is 18.2 Å². The average Bonchev–Trinajstić information content (AvgIpc) is 2.74. The molecule has 0 radical (unpaired) electrons. The summed E-state index contributed by atoms with van der Waals surface area (Å²) >= 11 is 0. The van der Waals surface area contributed by atoms with E-state index in [1.54, 1.807) is 18.2 Å². The van der Waals surface area contributed by atoms with Gasteiger partial charge >= 0.3 is 0 Å². The number of anilines is 1. The highest BCUT2D eigenvalue weighted by molar-refractivity contribution is 5.97. The number of ether oxygens (including phenoxy) is 2. The zero-order valence-electron chi connectivity index (χ0n) is 12.4. The van der Waals surface area contributed by atoms with E-state index >= 15 is 0 Å². The molecule has 0 fully saturated rings. The average molecular weight is 288 g/mol. The monoisotopic (exact) mass is 288 g/mol. The van der Waals surface area contributed by atoms with Crippen molar-refractivity contribution in [3.8, 4) is 17.6 Å². The number of rotatable bonds is 4. The fourth-order valence-corrected chi connectivity index (χ4v) is 2.27. The minimum absolute atomic E-state index is 0.274. The molecule has 0 spiro atoms. The van der Waals surface area contributed by atoms with Gasteiger partial charge in [-0.1, -0.05) is 13.8 Å². The lowest BCUT2D eigenvalue weighted by Crippen LogP contribution is -2.33. The van der Waals surface area contributed by atoms with Crippen LogP contribution in [0, 0.1) is 16.7 Å². The Morgan fingerprint density at radius 1 is 1.29 bits per heavy atom. The molecule has 0 unspecified atom stereocenters. The van der Waals surface area contributed by atoms with E-state index in [4.69, 9.17) is 9.47 Å². The number of carbonyl (C=O) groups is 1. The molecule has 0 aromatic heterocycles. The van der Waals surface area contributed by atoms with E-state index in [0.717, 1.165) is 6.42 Å². The summed E-state index contributed by atoms with van der Waals surface area (Å²) in [4.78, 5) is 12.4. The van der Waals surface area contributed by atoms with Crippen LogP contribution in [0.5, 0.6) is 11.5 Å². The van der Waals surface area contributed by atoms with E-state index in [0.29, 0.717) is 43.2 Å². The van der Waals surface area contributed by atoms with E-state index in [1.165, 1.54) is 0 Å². The third-order valence-electron chi connectivity index (χ3n) is 3.86. The molecule has 0 aliphatic carbocycles. The lowest BCUT2D eigenvalue weighted by Gasteiger charge is -2.22. The Kier molecular flexibility index (Phi) is 4.69. The van der Waals surface area contributed by atoms with Gasteiger partial charge in [0.25, 0.3) is 0 Å². The molecule has 21 heavy (non-hydrogen) atoms. The minimum atomic E-state index is -0.982. The number of nitrogens with one attached hydrogen (secondary N) is 1. The van der Waals surface area contributed by atoms with Crippen LogP contribution in [-0.2, 0) is 4.79 Å². The zero-order valence-corrected chi connectivity index (χ0v) is 12.4. The highest BCUT2D eigenvalue weighted by atomic mass is 16.5. The van der Waals surface area contributed by atoms with Crippen LogP contribution < -0.4 is 14.8 Å². The Hall–Kier alpha value is -2.22. The van der Waals surface area contributed by atoms with E-state index in [2.05, 4.69) is 11.4 Å². The van der Waals surface area contributed by atoms with Crippen molar-refractivity contribution in [1.82, 2.24) is 0 Å². The zero-order chi connectivity index (χ0) is 15.3. The third kappa shape index (κ3) is 3.10. The molecule has 1 aliphatic rings. The summed E-state index contributed by atoms with van der Waals surface area (Å²) in [5.74, 6) is 1.04. The topological polar surface area (TPSA) is 71.4 Å². The molecule has 0 saturated carbocycles. The van der Waals surface area contributed by atoms with Gasteiger partial charge in [0.05, 0.1) is 19.3 Å². The highest BCUT2D eigenvalue weighted by Gasteiger charge is 2.35. The Balaban J connectivity index is 2.18. The molecule has 1 aromatic rings. The molecule has 5 nitrogen and oxygen atoms in total. The summed E-state index contributed by atoms with van der Waals surface area (Å²) < 4.78 is 11.1. The fraction of sp³-hybridized carbons (Fsp3) is 0.500. The maximum atomic E-state index is 12.4. The second-order valence-electron chi connectivity index (χ2n) is 5.07. The Labute approximate surface area is 124 Å². The molecule has 1 aliphatic heterocycles. The Bertz CT molecular complexity index is 559. The van der Waals surface area contributed by atoms with Crippen molar-refractivity contribution in [1.29, 1.82) is 5.26 Å². The van der Waals surface area contributed by atoms with Gasteiger partial charge in [-0.05, 0) is 25.0 Å². The second-order valence-corrected chi connectivity index (χ2v) is 5.07. The summed E-state index contributed by atoms with van der Waals surface area (Å²) in [7, 11) is 0. The molecule has 1 heterocycles. The first kappa shape index (κ1) is 15.2.